The number of nitrogens with zero attached hydrogens (tertiary/aromatic N) is 2. The van der Waals surface area contributed by atoms with Gasteiger partial charge in [0.15, 0.2) is 0 Å². The maximum atomic E-state index is 12.0. The van der Waals surface area contributed by atoms with Gasteiger partial charge in [0.25, 0.3) is 5.91 Å². The first-order chi connectivity index (χ1) is 9.63. The summed E-state index contributed by atoms with van der Waals surface area (Å²) in [6, 6.07) is 7.78. The number of halogens is 2. The Morgan fingerprint density at radius 2 is 2.24 bits per heavy atom. The Hall–Kier alpha value is -1.37. The maximum absolute atomic E-state index is 12.0. The number of carbonyl (C=O) groups excluding carboxylic acids is 1. The highest BCUT2D eigenvalue weighted by atomic mass is 79.9. The SMILES string of the molecule is Cc1c(C(=O)NCCCN)cnn1-c1cccc(Br)c1.Cl. The fraction of sp³-hybridized carbons (Fsp3) is 0.286. The van der Waals surface area contributed by atoms with E-state index in [0.29, 0.717) is 18.7 Å². The molecule has 0 fully saturated rings. The molecule has 0 aliphatic carbocycles. The average molecular weight is 374 g/mol. The van der Waals surface area contributed by atoms with E-state index in [4.69, 9.17) is 5.73 Å². The van der Waals surface area contributed by atoms with E-state index in [2.05, 4.69) is 26.3 Å². The molecule has 114 valence electrons. The summed E-state index contributed by atoms with van der Waals surface area (Å²) in [5.41, 5.74) is 7.72. The van der Waals surface area contributed by atoms with Crippen molar-refractivity contribution < 1.29 is 4.79 Å². The molecule has 21 heavy (non-hydrogen) atoms. The molecule has 1 heterocycles. The normalized spacial score (nSPS) is 10.0. The molecule has 2 aromatic rings. The van der Waals surface area contributed by atoms with Crippen LogP contribution in [0.3, 0.4) is 0 Å². The van der Waals surface area contributed by atoms with Crippen LogP contribution in [0.5, 0.6) is 0 Å². The Kier molecular flexibility index (Phi) is 6.87. The molecule has 0 bridgehead atoms. The van der Waals surface area contributed by atoms with Gasteiger partial charge in [0, 0.05) is 11.0 Å². The van der Waals surface area contributed by atoms with E-state index < -0.39 is 0 Å². The van der Waals surface area contributed by atoms with Crippen molar-refractivity contribution in [3.63, 3.8) is 0 Å². The molecule has 0 aliphatic heterocycles. The third-order valence-electron chi connectivity index (χ3n) is 2.97. The molecule has 1 amide bonds. The highest BCUT2D eigenvalue weighted by molar-refractivity contribution is 9.10. The summed E-state index contributed by atoms with van der Waals surface area (Å²) < 4.78 is 2.72. The molecule has 1 aromatic carbocycles. The van der Waals surface area contributed by atoms with E-state index in [1.165, 1.54) is 0 Å². The summed E-state index contributed by atoms with van der Waals surface area (Å²) >= 11 is 3.43. The lowest BCUT2D eigenvalue weighted by Gasteiger charge is -2.06. The minimum atomic E-state index is -0.114. The summed E-state index contributed by atoms with van der Waals surface area (Å²) in [5.74, 6) is -0.114. The predicted octanol–water partition coefficient (Wildman–Crippen LogP) is 2.44. The number of aromatic nitrogens is 2. The molecule has 0 spiro atoms. The van der Waals surface area contributed by atoms with Gasteiger partial charge in [-0.2, -0.15) is 5.10 Å². The van der Waals surface area contributed by atoms with Gasteiger partial charge in [0.1, 0.15) is 0 Å². The average Bonchev–Trinajstić information content (AvgIpc) is 2.81. The van der Waals surface area contributed by atoms with E-state index in [1.807, 2.05) is 31.2 Å². The second kappa shape index (κ2) is 8.17. The zero-order chi connectivity index (χ0) is 14.5. The van der Waals surface area contributed by atoms with Crippen molar-refractivity contribution in [2.24, 2.45) is 5.73 Å². The number of carbonyl (C=O) groups is 1. The van der Waals surface area contributed by atoms with Crippen LogP contribution in [0.25, 0.3) is 5.69 Å². The van der Waals surface area contributed by atoms with Gasteiger partial charge in [-0.1, -0.05) is 22.0 Å². The van der Waals surface area contributed by atoms with Crippen LogP contribution in [-0.2, 0) is 0 Å². The van der Waals surface area contributed by atoms with E-state index >= 15 is 0 Å². The molecule has 3 N–H and O–H groups in total. The lowest BCUT2D eigenvalue weighted by molar-refractivity contribution is 0.0953. The van der Waals surface area contributed by atoms with E-state index in [9.17, 15) is 4.79 Å². The summed E-state index contributed by atoms with van der Waals surface area (Å²) in [7, 11) is 0. The summed E-state index contributed by atoms with van der Waals surface area (Å²) in [4.78, 5) is 12.0. The van der Waals surface area contributed by atoms with Gasteiger partial charge in [0.05, 0.1) is 23.1 Å². The molecule has 0 atom stereocenters. The Morgan fingerprint density at radius 3 is 2.90 bits per heavy atom. The van der Waals surface area contributed by atoms with Gasteiger partial charge in [-0.3, -0.25) is 4.79 Å². The summed E-state index contributed by atoms with van der Waals surface area (Å²) in [6.45, 7) is 3.03. The van der Waals surface area contributed by atoms with E-state index in [0.717, 1.165) is 22.3 Å². The van der Waals surface area contributed by atoms with Crippen LogP contribution in [0.1, 0.15) is 22.5 Å². The van der Waals surface area contributed by atoms with Crippen molar-refractivity contribution in [2.45, 2.75) is 13.3 Å². The molecule has 0 aliphatic rings. The molecule has 1 aromatic heterocycles. The molecule has 0 saturated carbocycles. The maximum Gasteiger partial charge on any atom is 0.254 e. The minimum Gasteiger partial charge on any atom is -0.352 e. The number of amides is 1. The minimum absolute atomic E-state index is 0. The first-order valence-electron chi connectivity index (χ1n) is 6.42. The summed E-state index contributed by atoms with van der Waals surface area (Å²) in [5, 5.41) is 7.12. The van der Waals surface area contributed by atoms with Crippen LogP contribution in [0.4, 0.5) is 0 Å². The number of benzene rings is 1. The molecular weight excluding hydrogens is 356 g/mol. The number of hydrogen-bond donors (Lipinski definition) is 2. The second-order valence-corrected chi connectivity index (χ2v) is 5.35. The van der Waals surface area contributed by atoms with E-state index in [1.54, 1.807) is 10.9 Å². The quantitative estimate of drug-likeness (QED) is 0.791. The third kappa shape index (κ3) is 4.30. The topological polar surface area (TPSA) is 72.9 Å². The largest absolute Gasteiger partial charge is 0.352 e. The van der Waals surface area contributed by atoms with Gasteiger partial charge < -0.3 is 11.1 Å². The number of nitrogens with two attached hydrogens (primary N) is 1. The standard InChI is InChI=1S/C14H17BrN4O.ClH/c1-10-13(14(20)17-7-3-6-16)9-18-19(10)12-5-2-4-11(15)8-12;/h2,4-5,8-9H,3,6-7,16H2,1H3,(H,17,20);1H. The molecule has 0 unspecified atom stereocenters. The molecule has 0 radical (unpaired) electrons. The Morgan fingerprint density at radius 1 is 1.48 bits per heavy atom. The van der Waals surface area contributed by atoms with Gasteiger partial charge in [-0.25, -0.2) is 4.68 Å². The molecule has 2 rings (SSSR count). The van der Waals surface area contributed by atoms with E-state index in [-0.39, 0.29) is 18.3 Å². The summed E-state index contributed by atoms with van der Waals surface area (Å²) in [6.07, 6.45) is 2.36. The molecule has 7 heteroatoms. The van der Waals surface area contributed by atoms with Crippen LogP contribution in [0.15, 0.2) is 34.9 Å². The highest BCUT2D eigenvalue weighted by Crippen LogP contribution is 2.18. The van der Waals surface area contributed by atoms with Crippen LogP contribution in [0.2, 0.25) is 0 Å². The smallest absolute Gasteiger partial charge is 0.254 e. The zero-order valence-electron chi connectivity index (χ0n) is 11.7. The number of nitrogens with one attached hydrogen (secondary N) is 1. The fourth-order valence-corrected chi connectivity index (χ4v) is 2.29. The van der Waals surface area contributed by atoms with Crippen LogP contribution < -0.4 is 11.1 Å². The van der Waals surface area contributed by atoms with Gasteiger partial charge in [0.2, 0.25) is 0 Å². The van der Waals surface area contributed by atoms with Gasteiger partial charge >= 0.3 is 0 Å². The lowest BCUT2D eigenvalue weighted by atomic mass is 10.2. The Balaban J connectivity index is 0.00000220. The molecular formula is C14H18BrClN4O. The molecule has 0 saturated heterocycles. The lowest BCUT2D eigenvalue weighted by Crippen LogP contribution is -2.26. The van der Waals surface area contributed by atoms with Crippen molar-refractivity contribution in [3.8, 4) is 5.69 Å². The van der Waals surface area contributed by atoms with Crippen LogP contribution >= 0.6 is 28.3 Å². The Bertz CT molecular complexity index is 615. The monoisotopic (exact) mass is 372 g/mol. The van der Waals surface area contributed by atoms with Gasteiger partial charge in [-0.05, 0) is 38.1 Å². The van der Waals surface area contributed by atoms with Crippen molar-refractivity contribution in [1.29, 1.82) is 0 Å². The number of rotatable bonds is 5. The Labute approximate surface area is 138 Å². The third-order valence-corrected chi connectivity index (χ3v) is 3.47. The van der Waals surface area contributed by atoms with Crippen molar-refractivity contribution in [1.82, 2.24) is 15.1 Å². The van der Waals surface area contributed by atoms with Crippen LogP contribution in [-0.4, -0.2) is 28.8 Å². The zero-order valence-corrected chi connectivity index (χ0v) is 14.1. The fourth-order valence-electron chi connectivity index (χ4n) is 1.90. The van der Waals surface area contributed by atoms with Crippen molar-refractivity contribution in [2.75, 3.05) is 13.1 Å². The van der Waals surface area contributed by atoms with Crippen molar-refractivity contribution in [3.05, 3.63) is 46.2 Å². The van der Waals surface area contributed by atoms with Crippen molar-refractivity contribution >= 4 is 34.2 Å². The first kappa shape index (κ1) is 17.7. The van der Waals surface area contributed by atoms with Gasteiger partial charge in [-0.15, -0.1) is 12.4 Å². The second-order valence-electron chi connectivity index (χ2n) is 4.43. The molecule has 5 nitrogen and oxygen atoms in total. The highest BCUT2D eigenvalue weighted by Gasteiger charge is 2.14. The van der Waals surface area contributed by atoms with Crippen LogP contribution in [0, 0.1) is 6.92 Å². The number of hydrogen-bond acceptors (Lipinski definition) is 3. The predicted molar refractivity (Wildman–Crippen MR) is 89.3 cm³/mol. The first-order valence-corrected chi connectivity index (χ1v) is 7.21.